The average Bonchev–Trinajstić information content (AvgIpc) is 3.24. The number of rotatable bonds is 6. The molecule has 2 aromatic rings. The maximum absolute atomic E-state index is 4.60. The van der Waals surface area contributed by atoms with Crippen LogP contribution in [0, 0.1) is 0 Å². The van der Waals surface area contributed by atoms with E-state index in [1.807, 2.05) is 12.3 Å². The van der Waals surface area contributed by atoms with Crippen LogP contribution in [0.4, 0.5) is 5.82 Å². The third-order valence-corrected chi connectivity index (χ3v) is 4.87. The summed E-state index contributed by atoms with van der Waals surface area (Å²) in [6.45, 7) is 6.03. The van der Waals surface area contributed by atoms with Crippen molar-refractivity contribution < 1.29 is 0 Å². The first-order valence-corrected chi connectivity index (χ1v) is 9.45. The Morgan fingerprint density at radius 1 is 1.12 bits per heavy atom. The molecule has 1 aliphatic heterocycles. The lowest BCUT2D eigenvalue weighted by atomic mass is 10.0. The quantitative estimate of drug-likeness (QED) is 0.620. The molecule has 1 aromatic carbocycles. The molecule has 3 rings (SSSR count). The van der Waals surface area contributed by atoms with Crippen LogP contribution in [-0.2, 0) is 6.54 Å². The van der Waals surface area contributed by atoms with E-state index in [-0.39, 0.29) is 0 Å². The fourth-order valence-electron chi connectivity index (χ4n) is 3.21. The van der Waals surface area contributed by atoms with Crippen molar-refractivity contribution in [1.82, 2.24) is 15.6 Å². The summed E-state index contributed by atoms with van der Waals surface area (Å²) in [5.41, 5.74) is 2.49. The summed E-state index contributed by atoms with van der Waals surface area (Å²) < 4.78 is 0. The molecule has 138 valence electrons. The molecule has 5 nitrogen and oxygen atoms in total. The van der Waals surface area contributed by atoms with Crippen molar-refractivity contribution in [2.75, 3.05) is 31.6 Å². The minimum atomic E-state index is 0.427. The predicted octanol–water partition coefficient (Wildman–Crippen LogP) is 3.15. The van der Waals surface area contributed by atoms with Gasteiger partial charge in [0.2, 0.25) is 0 Å². The van der Waals surface area contributed by atoms with Crippen molar-refractivity contribution in [2.24, 2.45) is 4.99 Å². The predicted molar refractivity (Wildman–Crippen MR) is 109 cm³/mol. The molecule has 5 heteroatoms. The Morgan fingerprint density at radius 2 is 1.88 bits per heavy atom. The third-order valence-electron chi connectivity index (χ3n) is 4.87. The molecule has 1 aliphatic rings. The van der Waals surface area contributed by atoms with Gasteiger partial charge in [-0.2, -0.15) is 0 Å². The third kappa shape index (κ3) is 4.97. The van der Waals surface area contributed by atoms with Crippen LogP contribution in [0.15, 0.2) is 53.7 Å². The molecule has 26 heavy (non-hydrogen) atoms. The Bertz CT molecular complexity index is 690. The zero-order valence-corrected chi connectivity index (χ0v) is 15.8. The van der Waals surface area contributed by atoms with Gasteiger partial charge < -0.3 is 15.5 Å². The van der Waals surface area contributed by atoms with E-state index < -0.39 is 0 Å². The SMILES string of the molecule is CN=C(NCc1ccc(N2CCCC2)nc1)NCC(C)c1ccccc1. The van der Waals surface area contributed by atoms with E-state index >= 15 is 0 Å². The van der Waals surface area contributed by atoms with Gasteiger partial charge in [-0.15, -0.1) is 0 Å². The fraction of sp³-hybridized carbons (Fsp3) is 0.429. The van der Waals surface area contributed by atoms with Crippen molar-refractivity contribution in [3.8, 4) is 0 Å². The van der Waals surface area contributed by atoms with Gasteiger partial charge in [0.05, 0.1) is 0 Å². The summed E-state index contributed by atoms with van der Waals surface area (Å²) in [5.74, 6) is 2.33. The second-order valence-electron chi connectivity index (χ2n) is 6.84. The van der Waals surface area contributed by atoms with Gasteiger partial charge in [-0.3, -0.25) is 4.99 Å². The monoisotopic (exact) mass is 351 g/mol. The second kappa shape index (κ2) is 9.22. The largest absolute Gasteiger partial charge is 0.357 e. The molecule has 1 atom stereocenters. The van der Waals surface area contributed by atoms with E-state index in [0.717, 1.165) is 37.0 Å². The molecular weight excluding hydrogens is 322 g/mol. The highest BCUT2D eigenvalue weighted by Crippen LogP contribution is 2.17. The van der Waals surface area contributed by atoms with E-state index in [1.54, 1.807) is 7.05 Å². The first-order valence-electron chi connectivity index (χ1n) is 9.45. The standard InChI is InChI=1S/C21H29N5/c1-17(19-8-4-3-5-9-19)14-24-21(22-2)25-16-18-10-11-20(23-15-18)26-12-6-7-13-26/h3-5,8-11,15,17H,6-7,12-14,16H2,1-2H3,(H2,22,24,25). The summed E-state index contributed by atoms with van der Waals surface area (Å²) in [4.78, 5) is 11.3. The summed E-state index contributed by atoms with van der Waals surface area (Å²) >= 11 is 0. The average molecular weight is 351 g/mol. The Hall–Kier alpha value is -2.56. The molecule has 1 fully saturated rings. The lowest BCUT2D eigenvalue weighted by molar-refractivity contribution is 0.698. The van der Waals surface area contributed by atoms with Crippen molar-refractivity contribution in [1.29, 1.82) is 0 Å². The molecule has 0 amide bonds. The number of benzene rings is 1. The van der Waals surface area contributed by atoms with Crippen LogP contribution in [-0.4, -0.2) is 37.6 Å². The van der Waals surface area contributed by atoms with Gasteiger partial charge in [0.15, 0.2) is 5.96 Å². The molecule has 1 unspecified atom stereocenters. The summed E-state index contributed by atoms with van der Waals surface area (Å²) in [5, 5.41) is 6.77. The van der Waals surface area contributed by atoms with Gasteiger partial charge in [-0.1, -0.05) is 43.3 Å². The molecule has 2 heterocycles. The van der Waals surface area contributed by atoms with E-state index in [2.05, 4.69) is 68.8 Å². The summed E-state index contributed by atoms with van der Waals surface area (Å²) in [6, 6.07) is 14.8. The topological polar surface area (TPSA) is 52.6 Å². The molecule has 0 radical (unpaired) electrons. The van der Waals surface area contributed by atoms with Crippen LogP contribution in [0.1, 0.15) is 36.8 Å². The Balaban J connectivity index is 1.46. The highest BCUT2D eigenvalue weighted by atomic mass is 15.2. The van der Waals surface area contributed by atoms with Crippen LogP contribution in [0.3, 0.4) is 0 Å². The smallest absolute Gasteiger partial charge is 0.191 e. The van der Waals surface area contributed by atoms with E-state index in [0.29, 0.717) is 12.5 Å². The number of nitrogens with zero attached hydrogens (tertiary/aromatic N) is 3. The maximum atomic E-state index is 4.60. The van der Waals surface area contributed by atoms with Crippen LogP contribution in [0.5, 0.6) is 0 Å². The molecule has 0 aliphatic carbocycles. The van der Waals surface area contributed by atoms with Gasteiger partial charge in [-0.25, -0.2) is 4.98 Å². The minimum Gasteiger partial charge on any atom is -0.357 e. The number of nitrogens with one attached hydrogen (secondary N) is 2. The molecule has 1 aromatic heterocycles. The van der Waals surface area contributed by atoms with Gasteiger partial charge in [0.1, 0.15) is 5.82 Å². The van der Waals surface area contributed by atoms with Gasteiger partial charge in [0.25, 0.3) is 0 Å². The van der Waals surface area contributed by atoms with Gasteiger partial charge >= 0.3 is 0 Å². The zero-order valence-electron chi connectivity index (χ0n) is 15.8. The number of hydrogen-bond donors (Lipinski definition) is 2. The van der Waals surface area contributed by atoms with E-state index in [9.17, 15) is 0 Å². The number of anilines is 1. The number of pyridine rings is 1. The normalized spacial score (nSPS) is 15.8. The first-order chi connectivity index (χ1) is 12.8. The lowest BCUT2D eigenvalue weighted by Crippen LogP contribution is -2.38. The van der Waals surface area contributed by atoms with Crippen molar-refractivity contribution in [2.45, 2.75) is 32.2 Å². The number of aromatic nitrogens is 1. The van der Waals surface area contributed by atoms with Gasteiger partial charge in [0, 0.05) is 39.4 Å². The van der Waals surface area contributed by atoms with E-state index in [4.69, 9.17) is 0 Å². The number of aliphatic imine (C=N–C) groups is 1. The van der Waals surface area contributed by atoms with Gasteiger partial charge in [-0.05, 0) is 36.0 Å². The van der Waals surface area contributed by atoms with Crippen molar-refractivity contribution in [3.63, 3.8) is 0 Å². The molecule has 1 saturated heterocycles. The zero-order chi connectivity index (χ0) is 18.2. The molecule has 0 spiro atoms. The Labute approximate surface area is 156 Å². The number of hydrogen-bond acceptors (Lipinski definition) is 3. The van der Waals surface area contributed by atoms with Crippen molar-refractivity contribution in [3.05, 3.63) is 59.8 Å². The molecular formula is C21H29N5. The molecule has 2 N–H and O–H groups in total. The highest BCUT2D eigenvalue weighted by molar-refractivity contribution is 5.79. The number of guanidine groups is 1. The minimum absolute atomic E-state index is 0.427. The van der Waals surface area contributed by atoms with Crippen molar-refractivity contribution >= 4 is 11.8 Å². The second-order valence-corrected chi connectivity index (χ2v) is 6.84. The summed E-state index contributed by atoms with van der Waals surface area (Å²) in [7, 11) is 1.80. The molecule has 0 bridgehead atoms. The van der Waals surface area contributed by atoms with Crippen LogP contribution in [0.25, 0.3) is 0 Å². The first kappa shape index (κ1) is 18.2. The molecule has 0 saturated carbocycles. The highest BCUT2D eigenvalue weighted by Gasteiger charge is 2.13. The lowest BCUT2D eigenvalue weighted by Gasteiger charge is -2.17. The Kier molecular flexibility index (Phi) is 6.47. The van der Waals surface area contributed by atoms with E-state index in [1.165, 1.54) is 18.4 Å². The summed E-state index contributed by atoms with van der Waals surface area (Å²) in [6.07, 6.45) is 4.50. The van der Waals surface area contributed by atoms with Crippen LogP contribution >= 0.6 is 0 Å². The fourth-order valence-corrected chi connectivity index (χ4v) is 3.21. The maximum Gasteiger partial charge on any atom is 0.191 e. The Morgan fingerprint density at radius 3 is 2.54 bits per heavy atom. The van der Waals surface area contributed by atoms with Crippen LogP contribution < -0.4 is 15.5 Å². The van der Waals surface area contributed by atoms with Crippen LogP contribution in [0.2, 0.25) is 0 Å².